The number of nitrogens with one attached hydrogen (secondary N) is 1. The molecule has 3 heteroatoms. The van der Waals surface area contributed by atoms with Crippen LogP contribution in [0.2, 0.25) is 0 Å². The van der Waals surface area contributed by atoms with Gasteiger partial charge in [-0.05, 0) is 19.1 Å². The van der Waals surface area contributed by atoms with Gasteiger partial charge in [0.1, 0.15) is 5.76 Å². The lowest BCUT2D eigenvalue weighted by Crippen LogP contribution is -1.76. The highest BCUT2D eigenvalue weighted by Crippen LogP contribution is 2.03. The van der Waals surface area contributed by atoms with E-state index in [1.807, 2.05) is 6.92 Å². The zero-order chi connectivity index (χ0) is 8.27. The largest absolute Gasteiger partial charge is 0.509 e. The third-order valence-electron chi connectivity index (χ3n) is 1.31. The Kier molecular flexibility index (Phi) is 2.11. The number of imidazole rings is 1. The Labute approximate surface area is 65.1 Å². The molecule has 11 heavy (non-hydrogen) atoms. The van der Waals surface area contributed by atoms with Crippen LogP contribution in [0, 0.1) is 6.92 Å². The van der Waals surface area contributed by atoms with Gasteiger partial charge in [-0.15, -0.1) is 0 Å². The van der Waals surface area contributed by atoms with Crippen molar-refractivity contribution >= 4 is 6.08 Å². The van der Waals surface area contributed by atoms with Gasteiger partial charge in [0.15, 0.2) is 0 Å². The van der Waals surface area contributed by atoms with E-state index in [-0.39, 0.29) is 5.76 Å². The summed E-state index contributed by atoms with van der Waals surface area (Å²) in [5.74, 6) is 0.0407. The van der Waals surface area contributed by atoms with Crippen LogP contribution in [0.4, 0.5) is 0 Å². The summed E-state index contributed by atoms with van der Waals surface area (Å²) < 4.78 is 0. The Hall–Kier alpha value is -1.51. The molecule has 0 saturated heterocycles. The van der Waals surface area contributed by atoms with Crippen molar-refractivity contribution in [2.45, 2.75) is 6.92 Å². The fourth-order valence-corrected chi connectivity index (χ4v) is 0.721. The molecule has 0 unspecified atom stereocenters. The van der Waals surface area contributed by atoms with Gasteiger partial charge >= 0.3 is 0 Å². The number of hydrogen-bond acceptors (Lipinski definition) is 2. The summed E-state index contributed by atoms with van der Waals surface area (Å²) in [6.45, 7) is 5.20. The van der Waals surface area contributed by atoms with Crippen LogP contribution < -0.4 is 0 Å². The predicted octanol–water partition coefficient (Wildman–Crippen LogP) is 1.80. The molecule has 0 amide bonds. The number of allylic oxidation sites excluding steroid dienone is 1. The number of H-pyrrole nitrogens is 1. The summed E-state index contributed by atoms with van der Waals surface area (Å²) >= 11 is 0. The highest BCUT2D eigenvalue weighted by atomic mass is 16.3. The normalized spacial score (nSPS) is 10.6. The number of rotatable bonds is 2. The fourth-order valence-electron chi connectivity index (χ4n) is 0.721. The van der Waals surface area contributed by atoms with Gasteiger partial charge in [0.25, 0.3) is 0 Å². The number of aromatic nitrogens is 2. The standard InChI is InChI=1S/C8H10N2O/c1-6(11)3-4-8-7(2)9-5-10-8/h3-5,11H,1H2,2H3,(H,9,10)/b4-3-. The first-order valence-corrected chi connectivity index (χ1v) is 3.26. The van der Waals surface area contributed by atoms with Crippen LogP contribution in [0.15, 0.2) is 24.7 Å². The van der Waals surface area contributed by atoms with Gasteiger partial charge in [0.05, 0.1) is 17.7 Å². The molecule has 1 heterocycles. The van der Waals surface area contributed by atoms with Crippen molar-refractivity contribution in [3.8, 4) is 0 Å². The van der Waals surface area contributed by atoms with Gasteiger partial charge in [-0.3, -0.25) is 0 Å². The molecular weight excluding hydrogens is 140 g/mol. The number of aliphatic hydroxyl groups is 1. The van der Waals surface area contributed by atoms with E-state index in [4.69, 9.17) is 5.11 Å². The third-order valence-corrected chi connectivity index (χ3v) is 1.31. The molecule has 1 rings (SSSR count). The van der Waals surface area contributed by atoms with Crippen LogP contribution in [-0.4, -0.2) is 15.1 Å². The molecule has 2 N–H and O–H groups in total. The maximum atomic E-state index is 8.73. The van der Waals surface area contributed by atoms with Crippen molar-refractivity contribution in [1.82, 2.24) is 9.97 Å². The van der Waals surface area contributed by atoms with Crippen LogP contribution in [0.3, 0.4) is 0 Å². The monoisotopic (exact) mass is 150 g/mol. The van der Waals surface area contributed by atoms with Crippen LogP contribution in [0.5, 0.6) is 0 Å². The molecule has 1 aromatic heterocycles. The van der Waals surface area contributed by atoms with Crippen molar-refractivity contribution in [2.75, 3.05) is 0 Å². The van der Waals surface area contributed by atoms with Crippen LogP contribution in [-0.2, 0) is 0 Å². The third kappa shape index (κ3) is 1.97. The van der Waals surface area contributed by atoms with E-state index in [1.54, 1.807) is 12.4 Å². The molecule has 0 spiro atoms. The Morgan fingerprint density at radius 2 is 2.55 bits per heavy atom. The maximum absolute atomic E-state index is 8.73. The lowest BCUT2D eigenvalue weighted by molar-refractivity contribution is 0.436. The van der Waals surface area contributed by atoms with Crippen LogP contribution >= 0.6 is 0 Å². The quantitative estimate of drug-likeness (QED) is 0.499. The molecule has 0 atom stereocenters. The second kappa shape index (κ2) is 3.05. The first-order valence-electron chi connectivity index (χ1n) is 3.26. The molecular formula is C8H10N2O. The average molecular weight is 150 g/mol. The summed E-state index contributed by atoms with van der Waals surface area (Å²) in [4.78, 5) is 6.89. The minimum atomic E-state index is 0.0407. The number of hydrogen-bond donors (Lipinski definition) is 2. The summed E-state index contributed by atoms with van der Waals surface area (Å²) in [6, 6.07) is 0. The van der Waals surface area contributed by atoms with Gasteiger partial charge in [0, 0.05) is 0 Å². The fraction of sp³-hybridized carbons (Fsp3) is 0.125. The summed E-state index contributed by atoms with van der Waals surface area (Å²) in [7, 11) is 0. The second-order valence-electron chi connectivity index (χ2n) is 2.23. The first kappa shape index (κ1) is 7.60. The van der Waals surface area contributed by atoms with Crippen molar-refractivity contribution < 1.29 is 5.11 Å². The molecule has 0 aliphatic carbocycles. The minimum absolute atomic E-state index is 0.0407. The number of aromatic amines is 1. The average Bonchev–Trinajstić information content (AvgIpc) is 2.31. The topological polar surface area (TPSA) is 48.9 Å². The smallest absolute Gasteiger partial charge is 0.108 e. The Bertz CT molecular complexity index is 286. The van der Waals surface area contributed by atoms with Gasteiger partial charge in [-0.2, -0.15) is 0 Å². The summed E-state index contributed by atoms with van der Waals surface area (Å²) in [6.07, 6.45) is 4.85. The lowest BCUT2D eigenvalue weighted by atomic mass is 10.3. The molecule has 3 nitrogen and oxygen atoms in total. The van der Waals surface area contributed by atoms with Gasteiger partial charge < -0.3 is 10.1 Å². The van der Waals surface area contributed by atoms with Crippen molar-refractivity contribution in [1.29, 1.82) is 0 Å². The summed E-state index contributed by atoms with van der Waals surface area (Å²) in [5.41, 5.74) is 1.79. The zero-order valence-electron chi connectivity index (χ0n) is 6.33. The van der Waals surface area contributed by atoms with E-state index in [0.717, 1.165) is 11.4 Å². The molecule has 0 saturated carbocycles. The second-order valence-corrected chi connectivity index (χ2v) is 2.23. The van der Waals surface area contributed by atoms with E-state index in [0.29, 0.717) is 0 Å². The van der Waals surface area contributed by atoms with Crippen molar-refractivity contribution in [3.05, 3.63) is 36.1 Å². The van der Waals surface area contributed by atoms with Gasteiger partial charge in [0.2, 0.25) is 0 Å². The molecule has 0 aliphatic rings. The Morgan fingerprint density at radius 3 is 3.00 bits per heavy atom. The summed E-state index contributed by atoms with van der Waals surface area (Å²) in [5, 5.41) is 8.73. The number of nitrogens with zero attached hydrogens (tertiary/aromatic N) is 1. The van der Waals surface area contributed by atoms with E-state index >= 15 is 0 Å². The van der Waals surface area contributed by atoms with Crippen molar-refractivity contribution in [2.24, 2.45) is 0 Å². The zero-order valence-corrected chi connectivity index (χ0v) is 6.33. The molecule has 0 aliphatic heterocycles. The molecule has 0 bridgehead atoms. The molecule has 58 valence electrons. The van der Waals surface area contributed by atoms with E-state index in [9.17, 15) is 0 Å². The Balaban J connectivity index is 2.79. The van der Waals surface area contributed by atoms with Crippen LogP contribution in [0.1, 0.15) is 11.4 Å². The predicted molar refractivity (Wildman–Crippen MR) is 44.1 cm³/mol. The van der Waals surface area contributed by atoms with Gasteiger partial charge in [-0.1, -0.05) is 6.58 Å². The van der Waals surface area contributed by atoms with E-state index < -0.39 is 0 Å². The molecule has 1 aromatic rings. The SMILES string of the molecule is C=C(O)/C=C\c1[nH]cnc1C. The molecule has 0 radical (unpaired) electrons. The van der Waals surface area contributed by atoms with Gasteiger partial charge in [-0.25, -0.2) is 4.98 Å². The highest BCUT2D eigenvalue weighted by molar-refractivity contribution is 5.49. The minimum Gasteiger partial charge on any atom is -0.509 e. The highest BCUT2D eigenvalue weighted by Gasteiger charge is 1.93. The first-order chi connectivity index (χ1) is 5.20. The Morgan fingerprint density at radius 1 is 1.82 bits per heavy atom. The van der Waals surface area contributed by atoms with E-state index in [1.165, 1.54) is 6.08 Å². The lowest BCUT2D eigenvalue weighted by Gasteiger charge is -1.87. The number of aryl methyl sites for hydroxylation is 1. The van der Waals surface area contributed by atoms with Crippen molar-refractivity contribution in [3.63, 3.8) is 0 Å². The maximum Gasteiger partial charge on any atom is 0.108 e. The molecule has 0 fully saturated rings. The molecule has 0 aromatic carbocycles. The van der Waals surface area contributed by atoms with E-state index in [2.05, 4.69) is 16.5 Å². The number of aliphatic hydroxyl groups excluding tert-OH is 1. The van der Waals surface area contributed by atoms with Crippen LogP contribution in [0.25, 0.3) is 6.08 Å².